The van der Waals surface area contributed by atoms with Gasteiger partial charge in [0.25, 0.3) is 0 Å². The third-order valence-corrected chi connectivity index (χ3v) is 4.25. The van der Waals surface area contributed by atoms with Crippen molar-refractivity contribution in [2.75, 3.05) is 20.3 Å². The predicted molar refractivity (Wildman–Crippen MR) is 101 cm³/mol. The molecule has 2 rings (SSSR count). The molecular weight excluding hydrogens is 349 g/mol. The molecule has 0 fully saturated rings. The Balaban J connectivity index is 1.94. The number of esters is 1. The van der Waals surface area contributed by atoms with E-state index < -0.39 is 11.8 Å². The first-order valence-corrected chi connectivity index (χ1v) is 8.72. The first-order valence-electron chi connectivity index (χ1n) is 8.72. The summed E-state index contributed by atoms with van der Waals surface area (Å²) < 4.78 is 25.6. The van der Waals surface area contributed by atoms with Gasteiger partial charge in [0, 0.05) is 48.9 Å². The van der Waals surface area contributed by atoms with E-state index in [-0.39, 0.29) is 18.0 Å². The van der Waals surface area contributed by atoms with Gasteiger partial charge in [-0.2, -0.15) is 0 Å². The molecular formula is C21H24FNO4. The number of ether oxygens (including phenoxy) is 2. The van der Waals surface area contributed by atoms with Gasteiger partial charge in [-0.25, -0.2) is 9.18 Å². The number of Topliss-reactive ketones (excluding diaryl/α,β-unsaturated/α-hetero) is 1. The van der Waals surface area contributed by atoms with Crippen molar-refractivity contribution in [3.8, 4) is 0 Å². The fourth-order valence-corrected chi connectivity index (χ4v) is 2.83. The molecule has 144 valence electrons. The van der Waals surface area contributed by atoms with Crippen LogP contribution < -0.4 is 0 Å². The quantitative estimate of drug-likeness (QED) is 0.291. The lowest BCUT2D eigenvalue weighted by Gasteiger charge is -2.09. The average Bonchev–Trinajstić information content (AvgIpc) is 2.94. The Morgan fingerprint density at radius 2 is 1.96 bits per heavy atom. The number of carbonyl (C=O) groups is 2. The zero-order valence-electron chi connectivity index (χ0n) is 15.8. The van der Waals surface area contributed by atoms with Crippen molar-refractivity contribution in [3.05, 3.63) is 64.7 Å². The summed E-state index contributed by atoms with van der Waals surface area (Å²) in [5, 5.41) is 0. The number of aromatic nitrogens is 1. The summed E-state index contributed by atoms with van der Waals surface area (Å²) in [6, 6.07) is 7.88. The van der Waals surface area contributed by atoms with Gasteiger partial charge in [-0.3, -0.25) is 4.79 Å². The van der Waals surface area contributed by atoms with Gasteiger partial charge in [0.15, 0.2) is 6.61 Å². The molecule has 0 spiro atoms. The third kappa shape index (κ3) is 5.62. The lowest BCUT2D eigenvalue weighted by atomic mass is 10.1. The van der Waals surface area contributed by atoms with Crippen molar-refractivity contribution in [1.82, 2.24) is 4.57 Å². The van der Waals surface area contributed by atoms with Crippen molar-refractivity contribution < 1.29 is 23.5 Å². The van der Waals surface area contributed by atoms with E-state index in [9.17, 15) is 14.0 Å². The smallest absolute Gasteiger partial charge is 0.331 e. The van der Waals surface area contributed by atoms with E-state index in [0.717, 1.165) is 30.4 Å². The standard InChI is InChI=1S/C21H24FNO4/c1-15-13-18(16(2)23(15)11-6-12-26-3)20(24)14-27-21(25)10-9-17-7-4-5-8-19(17)22/h4-5,7-10,13H,6,11-12,14H2,1-3H3/b10-9+. The van der Waals surface area contributed by atoms with Crippen LogP contribution in [0.5, 0.6) is 0 Å². The Morgan fingerprint density at radius 3 is 2.67 bits per heavy atom. The maximum absolute atomic E-state index is 13.5. The lowest BCUT2D eigenvalue weighted by molar-refractivity contribution is -0.136. The number of halogens is 1. The minimum absolute atomic E-state index is 0.270. The number of hydrogen-bond acceptors (Lipinski definition) is 4. The van der Waals surface area contributed by atoms with Crippen molar-refractivity contribution >= 4 is 17.8 Å². The minimum atomic E-state index is -0.694. The zero-order valence-corrected chi connectivity index (χ0v) is 15.8. The highest BCUT2D eigenvalue weighted by molar-refractivity contribution is 6.00. The summed E-state index contributed by atoms with van der Waals surface area (Å²) in [7, 11) is 1.65. The van der Waals surface area contributed by atoms with Crippen LogP contribution >= 0.6 is 0 Å². The highest BCUT2D eigenvalue weighted by Gasteiger charge is 2.16. The zero-order chi connectivity index (χ0) is 19.8. The summed E-state index contributed by atoms with van der Waals surface area (Å²) in [5.74, 6) is -1.40. The number of methoxy groups -OCH3 is 1. The number of hydrogen-bond donors (Lipinski definition) is 0. The van der Waals surface area contributed by atoms with Crippen LogP contribution in [0.1, 0.15) is 33.7 Å². The monoisotopic (exact) mass is 373 g/mol. The Hall–Kier alpha value is -2.73. The summed E-state index contributed by atoms with van der Waals surface area (Å²) >= 11 is 0. The maximum Gasteiger partial charge on any atom is 0.331 e. The fraction of sp³-hybridized carbons (Fsp3) is 0.333. The van der Waals surface area contributed by atoms with Crippen LogP contribution in [0.3, 0.4) is 0 Å². The maximum atomic E-state index is 13.5. The second kappa shape index (κ2) is 9.83. The second-order valence-corrected chi connectivity index (χ2v) is 6.17. The molecule has 0 N–H and O–H groups in total. The molecule has 1 aromatic carbocycles. The van der Waals surface area contributed by atoms with Gasteiger partial charge in [-0.05, 0) is 38.5 Å². The molecule has 0 radical (unpaired) electrons. The number of ketones is 1. The van der Waals surface area contributed by atoms with Gasteiger partial charge in [0.2, 0.25) is 5.78 Å². The van der Waals surface area contributed by atoms with Crippen LogP contribution in [0, 0.1) is 19.7 Å². The molecule has 5 nitrogen and oxygen atoms in total. The molecule has 2 aromatic rings. The van der Waals surface area contributed by atoms with Gasteiger partial charge in [0.05, 0.1) is 0 Å². The molecule has 6 heteroatoms. The molecule has 27 heavy (non-hydrogen) atoms. The molecule has 0 atom stereocenters. The number of nitrogens with zero attached hydrogens (tertiary/aromatic N) is 1. The fourth-order valence-electron chi connectivity index (χ4n) is 2.83. The highest BCUT2D eigenvalue weighted by Crippen LogP contribution is 2.16. The van der Waals surface area contributed by atoms with Crippen LogP contribution in [-0.4, -0.2) is 36.6 Å². The molecule has 0 amide bonds. The Morgan fingerprint density at radius 1 is 1.22 bits per heavy atom. The van der Waals surface area contributed by atoms with E-state index in [0.29, 0.717) is 12.2 Å². The molecule has 0 aliphatic carbocycles. The molecule has 0 bridgehead atoms. The van der Waals surface area contributed by atoms with Gasteiger partial charge < -0.3 is 14.0 Å². The van der Waals surface area contributed by atoms with E-state index in [1.165, 1.54) is 12.1 Å². The minimum Gasteiger partial charge on any atom is -0.454 e. The van der Waals surface area contributed by atoms with E-state index in [1.807, 2.05) is 18.4 Å². The molecule has 0 aliphatic heterocycles. The molecule has 1 heterocycles. The van der Waals surface area contributed by atoms with Crippen molar-refractivity contribution in [2.24, 2.45) is 0 Å². The molecule has 0 saturated heterocycles. The first kappa shape index (κ1) is 20.6. The van der Waals surface area contributed by atoms with Crippen molar-refractivity contribution in [2.45, 2.75) is 26.8 Å². The SMILES string of the molecule is COCCCn1c(C)cc(C(=O)COC(=O)/C=C/c2ccccc2F)c1C. The Kier molecular flexibility index (Phi) is 7.49. The van der Waals surface area contributed by atoms with Crippen LogP contribution in [0.15, 0.2) is 36.4 Å². The van der Waals surface area contributed by atoms with Gasteiger partial charge in [0.1, 0.15) is 5.82 Å². The van der Waals surface area contributed by atoms with Gasteiger partial charge in [-0.1, -0.05) is 18.2 Å². The highest BCUT2D eigenvalue weighted by atomic mass is 19.1. The summed E-state index contributed by atoms with van der Waals surface area (Å²) in [4.78, 5) is 24.2. The van der Waals surface area contributed by atoms with E-state index in [2.05, 4.69) is 0 Å². The summed E-state index contributed by atoms with van der Waals surface area (Å²) in [6.07, 6.45) is 3.28. The average molecular weight is 373 g/mol. The Bertz CT molecular complexity index is 839. The van der Waals surface area contributed by atoms with E-state index in [4.69, 9.17) is 9.47 Å². The number of rotatable bonds is 9. The van der Waals surface area contributed by atoms with Crippen LogP contribution in [0.25, 0.3) is 6.08 Å². The van der Waals surface area contributed by atoms with E-state index >= 15 is 0 Å². The number of benzene rings is 1. The van der Waals surface area contributed by atoms with Gasteiger partial charge in [-0.15, -0.1) is 0 Å². The predicted octanol–water partition coefficient (Wildman–Crippen LogP) is 3.72. The van der Waals surface area contributed by atoms with E-state index in [1.54, 1.807) is 31.4 Å². The number of carbonyl (C=O) groups excluding carboxylic acids is 2. The largest absolute Gasteiger partial charge is 0.454 e. The van der Waals surface area contributed by atoms with Crippen molar-refractivity contribution in [3.63, 3.8) is 0 Å². The summed E-state index contributed by atoms with van der Waals surface area (Å²) in [6.45, 7) is 4.84. The van der Waals surface area contributed by atoms with Crippen LogP contribution in [-0.2, 0) is 20.8 Å². The second-order valence-electron chi connectivity index (χ2n) is 6.17. The third-order valence-electron chi connectivity index (χ3n) is 4.25. The molecule has 0 unspecified atom stereocenters. The molecule has 0 aliphatic rings. The van der Waals surface area contributed by atoms with Crippen LogP contribution in [0.2, 0.25) is 0 Å². The van der Waals surface area contributed by atoms with Crippen LogP contribution in [0.4, 0.5) is 4.39 Å². The normalized spacial score (nSPS) is 11.1. The van der Waals surface area contributed by atoms with Crippen molar-refractivity contribution in [1.29, 1.82) is 0 Å². The lowest BCUT2D eigenvalue weighted by Crippen LogP contribution is -2.14. The first-order chi connectivity index (χ1) is 12.9. The van der Waals surface area contributed by atoms with Gasteiger partial charge >= 0.3 is 5.97 Å². The number of aryl methyl sites for hydroxylation is 1. The topological polar surface area (TPSA) is 57.5 Å². The Labute approximate surface area is 158 Å². The molecule has 0 saturated carbocycles. The molecule has 1 aromatic heterocycles. The summed E-state index contributed by atoms with van der Waals surface area (Å²) in [5.41, 5.74) is 2.63.